The third-order valence-electron chi connectivity index (χ3n) is 5.57. The number of hydrazine groups is 1. The van der Waals surface area contributed by atoms with E-state index in [1.54, 1.807) is 24.3 Å². The van der Waals surface area contributed by atoms with E-state index in [1.165, 1.54) is 0 Å². The molecule has 0 bridgehead atoms. The topological polar surface area (TPSA) is 70.2 Å². The normalized spacial score (nSPS) is 17.9. The molecule has 2 aliphatic rings. The van der Waals surface area contributed by atoms with Crippen molar-refractivity contribution in [2.24, 2.45) is 0 Å². The zero-order valence-corrected chi connectivity index (χ0v) is 18.4. The minimum atomic E-state index is -0.146. The Balaban J connectivity index is 1.40. The zero-order valence-electron chi connectivity index (χ0n) is 16.9. The van der Waals surface area contributed by atoms with Gasteiger partial charge in [0.1, 0.15) is 0 Å². The molecule has 3 N–H and O–H groups in total. The Bertz CT molecular complexity index is 1060. The van der Waals surface area contributed by atoms with E-state index in [0.717, 1.165) is 35.1 Å². The van der Waals surface area contributed by atoms with Gasteiger partial charge in [0, 0.05) is 27.7 Å². The summed E-state index contributed by atoms with van der Waals surface area (Å²) in [4.78, 5) is 24.7. The van der Waals surface area contributed by atoms with Crippen molar-refractivity contribution in [3.63, 3.8) is 0 Å². The Hall–Kier alpha value is -2.60. The van der Waals surface area contributed by atoms with Gasteiger partial charge in [-0.25, -0.2) is 5.43 Å². The molecule has 1 unspecified atom stereocenters. The first-order chi connectivity index (χ1) is 15.0. The van der Waals surface area contributed by atoms with Gasteiger partial charge >= 0.3 is 0 Å². The summed E-state index contributed by atoms with van der Waals surface area (Å²) in [7, 11) is 0. The smallest absolute Gasteiger partial charge is 0.261 e. The first-order valence-electron chi connectivity index (χ1n) is 10.3. The molecule has 1 heterocycles. The van der Waals surface area contributed by atoms with Gasteiger partial charge in [0.15, 0.2) is 0 Å². The minimum Gasteiger partial charge on any atom is -0.352 e. The maximum atomic E-state index is 12.6. The Morgan fingerprint density at radius 3 is 2.71 bits per heavy atom. The second-order valence-electron chi connectivity index (χ2n) is 7.64. The molecule has 0 radical (unpaired) electrons. The fraction of sp³-hybridized carbons (Fsp3) is 0.250. The van der Waals surface area contributed by atoms with Crippen LogP contribution in [0, 0.1) is 0 Å². The van der Waals surface area contributed by atoms with Crippen molar-refractivity contribution in [3.8, 4) is 0 Å². The summed E-state index contributed by atoms with van der Waals surface area (Å²) in [6.45, 7) is 0.434. The third kappa shape index (κ3) is 5.01. The summed E-state index contributed by atoms with van der Waals surface area (Å²) in [5.74, 6) is -0.199. The molecular formula is C24H23Cl2N3O2. The van der Waals surface area contributed by atoms with Crippen LogP contribution in [-0.4, -0.2) is 24.4 Å². The van der Waals surface area contributed by atoms with E-state index in [4.69, 9.17) is 23.2 Å². The van der Waals surface area contributed by atoms with Gasteiger partial charge in [-0.05, 0) is 66.6 Å². The van der Waals surface area contributed by atoms with Gasteiger partial charge < -0.3 is 5.32 Å². The van der Waals surface area contributed by atoms with Gasteiger partial charge in [-0.1, -0.05) is 53.6 Å². The van der Waals surface area contributed by atoms with Crippen LogP contribution in [0.3, 0.4) is 0 Å². The summed E-state index contributed by atoms with van der Waals surface area (Å²) in [5, 5.41) is 4.13. The average molecular weight is 456 g/mol. The summed E-state index contributed by atoms with van der Waals surface area (Å²) in [6, 6.07) is 12.9. The predicted molar refractivity (Wildman–Crippen MR) is 123 cm³/mol. The van der Waals surface area contributed by atoms with Crippen LogP contribution in [0.15, 0.2) is 65.8 Å². The van der Waals surface area contributed by atoms with Gasteiger partial charge in [-0.15, -0.1) is 0 Å². The molecule has 0 aromatic heterocycles. The number of carbonyl (C=O) groups is 2. The lowest BCUT2D eigenvalue weighted by Gasteiger charge is -2.30. The number of hydrogen-bond donors (Lipinski definition) is 3. The number of benzene rings is 2. The fourth-order valence-electron chi connectivity index (χ4n) is 3.97. The van der Waals surface area contributed by atoms with Crippen molar-refractivity contribution < 1.29 is 9.59 Å². The zero-order chi connectivity index (χ0) is 21.8. The Labute approximate surface area is 191 Å². The molecule has 5 nitrogen and oxygen atoms in total. The first-order valence-corrected chi connectivity index (χ1v) is 11.0. The maximum absolute atomic E-state index is 12.6. The van der Waals surface area contributed by atoms with Gasteiger partial charge in [-0.3, -0.25) is 15.0 Å². The van der Waals surface area contributed by atoms with Gasteiger partial charge in [0.05, 0.1) is 6.04 Å². The van der Waals surface area contributed by atoms with Crippen LogP contribution < -0.4 is 16.2 Å². The second kappa shape index (κ2) is 9.69. The molecule has 0 saturated carbocycles. The molecular weight excluding hydrogens is 433 g/mol. The van der Waals surface area contributed by atoms with Crippen molar-refractivity contribution in [2.45, 2.75) is 31.7 Å². The molecule has 0 fully saturated rings. The van der Waals surface area contributed by atoms with Crippen LogP contribution >= 0.6 is 23.2 Å². The van der Waals surface area contributed by atoms with Gasteiger partial charge in [0.2, 0.25) is 0 Å². The highest BCUT2D eigenvalue weighted by molar-refractivity contribution is 6.36. The quantitative estimate of drug-likeness (QED) is 0.612. The molecule has 2 aromatic carbocycles. The second-order valence-corrected chi connectivity index (χ2v) is 8.45. The van der Waals surface area contributed by atoms with Crippen LogP contribution in [0.4, 0.5) is 0 Å². The molecule has 160 valence electrons. The largest absolute Gasteiger partial charge is 0.352 e. The molecule has 31 heavy (non-hydrogen) atoms. The number of amides is 2. The number of hydrogen-bond acceptors (Lipinski definition) is 3. The van der Waals surface area contributed by atoms with E-state index < -0.39 is 0 Å². The third-order valence-corrected chi connectivity index (χ3v) is 6.28. The Kier molecular flexibility index (Phi) is 6.76. The lowest BCUT2D eigenvalue weighted by atomic mass is 9.88. The Morgan fingerprint density at radius 1 is 1.13 bits per heavy atom. The molecule has 1 aliphatic heterocycles. The molecule has 1 aliphatic carbocycles. The van der Waals surface area contributed by atoms with E-state index >= 15 is 0 Å². The van der Waals surface area contributed by atoms with Crippen LogP contribution in [0.25, 0.3) is 0 Å². The van der Waals surface area contributed by atoms with Crippen molar-refractivity contribution in [3.05, 3.63) is 92.5 Å². The SMILES string of the molecule is O=C1NNC(Cc2cccc(C(=O)NCCc3c(Cl)cccc3Cl)c2)C2=C1CCC=C2. The van der Waals surface area contributed by atoms with Gasteiger partial charge in [-0.2, -0.15) is 0 Å². The highest BCUT2D eigenvalue weighted by atomic mass is 35.5. The van der Waals surface area contributed by atoms with Crippen LogP contribution in [-0.2, 0) is 17.6 Å². The van der Waals surface area contributed by atoms with E-state index in [9.17, 15) is 9.59 Å². The molecule has 0 saturated heterocycles. The van der Waals surface area contributed by atoms with Crippen molar-refractivity contribution >= 4 is 35.0 Å². The molecule has 4 rings (SSSR count). The highest BCUT2D eigenvalue weighted by Crippen LogP contribution is 2.26. The Morgan fingerprint density at radius 2 is 1.90 bits per heavy atom. The number of halogens is 2. The van der Waals surface area contributed by atoms with E-state index in [1.807, 2.05) is 24.3 Å². The molecule has 2 aromatic rings. The molecule has 1 atom stereocenters. The minimum absolute atomic E-state index is 0.0232. The summed E-state index contributed by atoms with van der Waals surface area (Å²) in [5.41, 5.74) is 10.2. The van der Waals surface area contributed by atoms with Crippen molar-refractivity contribution in [1.82, 2.24) is 16.2 Å². The van der Waals surface area contributed by atoms with Crippen LogP contribution in [0.5, 0.6) is 0 Å². The van der Waals surface area contributed by atoms with Crippen molar-refractivity contribution in [2.75, 3.05) is 6.54 Å². The van der Waals surface area contributed by atoms with E-state index in [0.29, 0.717) is 35.0 Å². The van der Waals surface area contributed by atoms with Crippen LogP contribution in [0.1, 0.15) is 34.3 Å². The highest BCUT2D eigenvalue weighted by Gasteiger charge is 2.27. The number of allylic oxidation sites excluding steroid dienone is 1. The monoisotopic (exact) mass is 455 g/mol. The summed E-state index contributed by atoms with van der Waals surface area (Å²) < 4.78 is 0. The van der Waals surface area contributed by atoms with Crippen molar-refractivity contribution in [1.29, 1.82) is 0 Å². The maximum Gasteiger partial charge on any atom is 0.261 e. The predicted octanol–water partition coefficient (Wildman–Crippen LogP) is 4.16. The number of rotatable bonds is 6. The molecule has 0 spiro atoms. The lowest BCUT2D eigenvalue weighted by molar-refractivity contribution is -0.119. The summed E-state index contributed by atoms with van der Waals surface area (Å²) in [6.07, 6.45) is 6.99. The fourth-order valence-corrected chi connectivity index (χ4v) is 4.56. The van der Waals surface area contributed by atoms with Gasteiger partial charge in [0.25, 0.3) is 11.8 Å². The van der Waals surface area contributed by atoms with E-state index in [-0.39, 0.29) is 17.9 Å². The average Bonchev–Trinajstić information content (AvgIpc) is 2.78. The lowest BCUT2D eigenvalue weighted by Crippen LogP contribution is -2.51. The number of carbonyl (C=O) groups excluding carboxylic acids is 2. The van der Waals surface area contributed by atoms with Crippen LogP contribution in [0.2, 0.25) is 10.0 Å². The molecule has 2 amide bonds. The first kappa shape index (κ1) is 21.6. The summed E-state index contributed by atoms with van der Waals surface area (Å²) >= 11 is 12.4. The molecule has 7 heteroatoms. The standard InChI is InChI=1S/C24H23Cl2N3O2/c25-20-9-4-10-21(26)19(20)11-12-27-23(30)16-6-3-5-15(13-16)14-22-17-7-1-2-8-18(17)24(31)29-28-22/h1,3-7,9-10,13,22,28H,2,8,11-12,14H2,(H,27,30)(H,29,31). The van der Waals surface area contributed by atoms with E-state index in [2.05, 4.69) is 22.2 Å². The number of nitrogens with one attached hydrogen (secondary N) is 3.